The molecule has 59 heavy (non-hydrogen) atoms. The molecule has 8 aromatic carbocycles. The van der Waals surface area contributed by atoms with Crippen LogP contribution in [-0.4, -0.2) is 24.1 Å². The molecule has 0 aliphatic heterocycles. The van der Waals surface area contributed by atoms with Crippen LogP contribution in [0.25, 0.3) is 111 Å². The Balaban J connectivity index is 1.20. The highest BCUT2D eigenvalue weighted by Gasteiger charge is 2.28. The number of hydrogen-bond acceptors (Lipinski definition) is 5. The van der Waals surface area contributed by atoms with Gasteiger partial charge in [-0.25, -0.2) is 15.0 Å². The van der Waals surface area contributed by atoms with Crippen molar-refractivity contribution in [2.45, 2.75) is 0 Å². The molecule has 0 spiro atoms. The highest BCUT2D eigenvalue weighted by atomic mass is 16.3. The maximum Gasteiger partial charge on any atom is 0.164 e. The quantitative estimate of drug-likeness (QED) is 0.175. The number of rotatable bonds is 5. The normalized spacial score (nSPS) is 11.7. The highest BCUT2D eigenvalue weighted by Crippen LogP contribution is 2.49. The molecule has 0 aliphatic carbocycles. The third-order valence-corrected chi connectivity index (χ3v) is 11.4. The van der Waals surface area contributed by atoms with Gasteiger partial charge in [0, 0.05) is 43.9 Å². The SMILES string of the molecule is N#Cc1cc(-c2nc(-c3ccccc3)nc(-c3ccccc3)n2)ccc1-n1c2ccccc2c2c3c(c4ccccc4n3-c3ccccc3)c3oc4ccccc4c3c21. The van der Waals surface area contributed by atoms with Crippen LogP contribution >= 0.6 is 0 Å². The maximum atomic E-state index is 11.1. The number of furan rings is 1. The summed E-state index contributed by atoms with van der Waals surface area (Å²) in [5.74, 6) is 1.61. The van der Waals surface area contributed by atoms with Crippen LogP contribution in [0, 0.1) is 11.3 Å². The van der Waals surface area contributed by atoms with Gasteiger partial charge in [-0.05, 0) is 48.5 Å². The van der Waals surface area contributed by atoms with Crippen LogP contribution in [0.1, 0.15) is 5.56 Å². The van der Waals surface area contributed by atoms with Crippen molar-refractivity contribution in [1.29, 1.82) is 5.26 Å². The summed E-state index contributed by atoms with van der Waals surface area (Å²) in [4.78, 5) is 14.8. The zero-order chi connectivity index (χ0) is 39.0. The molecule has 0 N–H and O–H groups in total. The molecule has 0 unspecified atom stereocenters. The monoisotopic (exact) mass is 754 g/mol. The van der Waals surface area contributed by atoms with Crippen molar-refractivity contribution in [2.75, 3.05) is 0 Å². The van der Waals surface area contributed by atoms with E-state index in [1.807, 2.05) is 97.1 Å². The Kier molecular flexibility index (Phi) is 7.16. The molecule has 0 radical (unpaired) electrons. The summed E-state index contributed by atoms with van der Waals surface area (Å²) in [5.41, 5.74) is 10.5. The summed E-state index contributed by atoms with van der Waals surface area (Å²) in [6, 6.07) is 64.1. The van der Waals surface area contributed by atoms with Gasteiger partial charge in [-0.15, -0.1) is 0 Å². The molecular formula is C52H30N6O. The second-order valence-electron chi connectivity index (χ2n) is 14.7. The third kappa shape index (κ3) is 4.90. The van der Waals surface area contributed by atoms with E-state index in [4.69, 9.17) is 19.4 Å². The van der Waals surface area contributed by atoms with E-state index in [-0.39, 0.29) is 0 Å². The Morgan fingerprint density at radius 2 is 0.932 bits per heavy atom. The number of para-hydroxylation sites is 4. The van der Waals surface area contributed by atoms with Gasteiger partial charge in [-0.2, -0.15) is 5.26 Å². The summed E-state index contributed by atoms with van der Waals surface area (Å²) in [5, 5.41) is 17.4. The van der Waals surface area contributed by atoms with Crippen molar-refractivity contribution in [1.82, 2.24) is 24.1 Å². The molecule has 0 aliphatic rings. The van der Waals surface area contributed by atoms with Gasteiger partial charge in [-0.1, -0.05) is 133 Å². The number of nitriles is 1. The van der Waals surface area contributed by atoms with Crippen molar-refractivity contribution >= 4 is 65.6 Å². The molecule has 7 nitrogen and oxygen atoms in total. The molecule has 12 aromatic rings. The zero-order valence-electron chi connectivity index (χ0n) is 31.4. The lowest BCUT2D eigenvalue weighted by atomic mass is 10.0. The van der Waals surface area contributed by atoms with Crippen molar-refractivity contribution in [3.63, 3.8) is 0 Å². The topological polar surface area (TPSA) is 85.5 Å². The minimum atomic E-state index is 0.484. The van der Waals surface area contributed by atoms with Crippen LogP contribution in [0.5, 0.6) is 0 Å². The van der Waals surface area contributed by atoms with E-state index in [1.54, 1.807) is 0 Å². The van der Waals surface area contributed by atoms with Gasteiger partial charge in [-0.3, -0.25) is 0 Å². The molecule has 274 valence electrons. The minimum Gasteiger partial charge on any atom is -0.455 e. The van der Waals surface area contributed by atoms with E-state index in [0.29, 0.717) is 28.6 Å². The summed E-state index contributed by atoms with van der Waals surface area (Å²) in [7, 11) is 0. The van der Waals surface area contributed by atoms with Crippen LogP contribution in [-0.2, 0) is 0 Å². The molecule has 0 fully saturated rings. The van der Waals surface area contributed by atoms with E-state index >= 15 is 0 Å². The molecule has 0 bridgehead atoms. The lowest BCUT2D eigenvalue weighted by Gasteiger charge is -2.13. The van der Waals surface area contributed by atoms with Crippen LogP contribution < -0.4 is 0 Å². The van der Waals surface area contributed by atoms with Gasteiger partial charge >= 0.3 is 0 Å². The highest BCUT2D eigenvalue weighted by molar-refractivity contribution is 6.39. The lowest BCUT2D eigenvalue weighted by molar-refractivity contribution is 0.673. The largest absolute Gasteiger partial charge is 0.455 e. The number of fused-ring (bicyclic) bond motifs is 12. The van der Waals surface area contributed by atoms with Crippen LogP contribution in [0.3, 0.4) is 0 Å². The fourth-order valence-corrected chi connectivity index (χ4v) is 8.87. The minimum absolute atomic E-state index is 0.484. The van der Waals surface area contributed by atoms with E-state index in [2.05, 4.69) is 100 Å². The lowest BCUT2D eigenvalue weighted by Crippen LogP contribution is -2.02. The molecule has 4 aromatic heterocycles. The average molecular weight is 755 g/mol. The summed E-state index contributed by atoms with van der Waals surface area (Å²) < 4.78 is 11.5. The second-order valence-corrected chi connectivity index (χ2v) is 14.7. The number of nitrogens with zero attached hydrogens (tertiary/aromatic N) is 6. The molecular weight excluding hydrogens is 725 g/mol. The van der Waals surface area contributed by atoms with Crippen molar-refractivity contribution in [2.24, 2.45) is 0 Å². The standard InChI is InChI=1S/C52H30N6O/c53-31-35-30-34(52-55-50(32-16-4-1-5-17-32)54-51(56-52)33-18-6-2-7-19-33)28-29-40(35)58-42-26-14-10-22-37(42)44-47-45(49-46(48(44)58)39-24-12-15-27-43(39)59-49)38-23-11-13-25-41(38)57(47)36-20-8-3-9-21-36/h1-30H. The second kappa shape index (κ2) is 12.8. The van der Waals surface area contributed by atoms with Gasteiger partial charge in [0.05, 0.1) is 44.1 Å². The van der Waals surface area contributed by atoms with Gasteiger partial charge in [0.15, 0.2) is 17.5 Å². The van der Waals surface area contributed by atoms with E-state index < -0.39 is 0 Å². The molecule has 0 amide bonds. The average Bonchev–Trinajstić information content (AvgIpc) is 3.97. The first-order valence-corrected chi connectivity index (χ1v) is 19.5. The van der Waals surface area contributed by atoms with Crippen molar-refractivity contribution in [3.8, 4) is 51.6 Å². The van der Waals surface area contributed by atoms with Gasteiger partial charge in [0.1, 0.15) is 17.2 Å². The predicted octanol–water partition coefficient (Wildman–Crippen LogP) is 12.8. The van der Waals surface area contributed by atoms with Gasteiger partial charge < -0.3 is 13.6 Å². The first-order chi connectivity index (χ1) is 29.2. The van der Waals surface area contributed by atoms with E-state index in [9.17, 15) is 5.26 Å². The molecule has 12 rings (SSSR count). The van der Waals surface area contributed by atoms with Crippen LogP contribution in [0.2, 0.25) is 0 Å². The molecule has 7 heteroatoms. The zero-order valence-corrected chi connectivity index (χ0v) is 31.4. The van der Waals surface area contributed by atoms with Gasteiger partial charge in [0.25, 0.3) is 0 Å². The molecule has 0 saturated heterocycles. The fourth-order valence-electron chi connectivity index (χ4n) is 8.87. The number of hydrogen-bond donors (Lipinski definition) is 0. The fraction of sp³-hybridized carbons (Fsp3) is 0. The Morgan fingerprint density at radius 1 is 0.441 bits per heavy atom. The van der Waals surface area contributed by atoms with E-state index in [1.165, 1.54) is 0 Å². The number of benzene rings is 8. The molecule has 0 atom stereocenters. The summed E-state index contributed by atoms with van der Waals surface area (Å²) >= 11 is 0. The summed E-state index contributed by atoms with van der Waals surface area (Å²) in [6.45, 7) is 0. The maximum absolute atomic E-state index is 11.1. The first-order valence-electron chi connectivity index (χ1n) is 19.5. The molecule has 0 saturated carbocycles. The third-order valence-electron chi connectivity index (χ3n) is 11.4. The smallest absolute Gasteiger partial charge is 0.164 e. The van der Waals surface area contributed by atoms with E-state index in [0.717, 1.165) is 88.1 Å². The first kappa shape index (κ1) is 32.9. The number of aromatic nitrogens is 5. The van der Waals surface area contributed by atoms with Crippen LogP contribution in [0.4, 0.5) is 0 Å². The summed E-state index contributed by atoms with van der Waals surface area (Å²) in [6.07, 6.45) is 0. The Hall–Kier alpha value is -8.34. The van der Waals surface area contributed by atoms with Crippen LogP contribution in [0.15, 0.2) is 186 Å². The Labute approximate surface area is 337 Å². The Bertz CT molecular complexity index is 3610. The van der Waals surface area contributed by atoms with Crippen molar-refractivity contribution < 1.29 is 4.42 Å². The van der Waals surface area contributed by atoms with Crippen molar-refractivity contribution in [3.05, 3.63) is 188 Å². The predicted molar refractivity (Wildman–Crippen MR) is 237 cm³/mol. The van der Waals surface area contributed by atoms with Gasteiger partial charge in [0.2, 0.25) is 0 Å². The molecule has 4 heterocycles. The Morgan fingerprint density at radius 3 is 1.58 bits per heavy atom.